The van der Waals surface area contributed by atoms with Crippen molar-refractivity contribution in [2.45, 2.75) is 65.3 Å². The number of hydrogen-bond acceptors (Lipinski definition) is 6. The number of esters is 1. The van der Waals surface area contributed by atoms with Crippen molar-refractivity contribution in [2.75, 3.05) is 13.2 Å². The first kappa shape index (κ1) is 26.1. The van der Waals surface area contributed by atoms with Gasteiger partial charge in [-0.2, -0.15) is 17.5 Å². The Balaban J connectivity index is 2.39. The van der Waals surface area contributed by atoms with E-state index in [1.54, 1.807) is 41.5 Å². The molecule has 1 aliphatic rings. The first-order valence-corrected chi connectivity index (χ1v) is 11.0. The van der Waals surface area contributed by atoms with Crippen molar-refractivity contribution < 1.29 is 40.6 Å². The second-order valence-electron chi connectivity index (χ2n) is 9.45. The summed E-state index contributed by atoms with van der Waals surface area (Å²) in [6.07, 6.45) is -5.43. The highest BCUT2D eigenvalue weighted by Gasteiger charge is 2.45. The van der Waals surface area contributed by atoms with Gasteiger partial charge in [-0.3, -0.25) is 8.98 Å². The molecule has 2 rings (SSSR count). The molecule has 1 amide bonds. The van der Waals surface area contributed by atoms with E-state index in [9.17, 15) is 27.0 Å². The molecule has 0 aromatic heterocycles. The summed E-state index contributed by atoms with van der Waals surface area (Å²) < 4.78 is 68.1. The lowest BCUT2D eigenvalue weighted by molar-refractivity contribution is -0.153. The van der Waals surface area contributed by atoms with Crippen LogP contribution in [0.1, 0.15) is 58.6 Å². The van der Waals surface area contributed by atoms with Crippen molar-refractivity contribution in [1.29, 1.82) is 0 Å². The van der Waals surface area contributed by atoms with Gasteiger partial charge in [0.2, 0.25) is 0 Å². The SMILES string of the molecule is CC(C)(C)OC(=O)N1[C@H]([C@H](COC(=O)C(C)(C)C)c2ccc(C(F)(F)F)cc2)COS1=O. The molecule has 1 aromatic carbocycles. The Bertz CT molecular complexity index is 858. The lowest BCUT2D eigenvalue weighted by atomic mass is 9.91. The molecule has 1 aromatic rings. The highest BCUT2D eigenvalue weighted by Crippen LogP contribution is 2.34. The second kappa shape index (κ2) is 9.38. The van der Waals surface area contributed by atoms with Gasteiger partial charge in [0.1, 0.15) is 12.2 Å². The predicted octanol–water partition coefficient (Wildman–Crippen LogP) is 4.59. The molecule has 1 fully saturated rings. The molecule has 0 spiro atoms. The third-order valence-electron chi connectivity index (χ3n) is 4.51. The fourth-order valence-electron chi connectivity index (χ4n) is 2.88. The van der Waals surface area contributed by atoms with Crippen LogP contribution in [-0.4, -0.2) is 45.4 Å². The lowest BCUT2D eigenvalue weighted by Gasteiger charge is -2.31. The molecule has 180 valence electrons. The molecule has 0 bridgehead atoms. The minimum Gasteiger partial charge on any atom is -0.465 e. The summed E-state index contributed by atoms with van der Waals surface area (Å²) >= 11 is -2.16. The van der Waals surface area contributed by atoms with Crippen LogP contribution in [0.25, 0.3) is 0 Å². The average Bonchev–Trinajstić information content (AvgIpc) is 3.00. The van der Waals surface area contributed by atoms with Gasteiger partial charge < -0.3 is 9.47 Å². The number of halogens is 3. The van der Waals surface area contributed by atoms with Gasteiger partial charge in [-0.1, -0.05) is 12.1 Å². The molecule has 0 N–H and O–H groups in total. The molecule has 1 aliphatic heterocycles. The summed E-state index contributed by atoms with van der Waals surface area (Å²) in [7, 11) is 0. The number of carbonyl (C=O) groups is 2. The fraction of sp³-hybridized carbons (Fsp3) is 0.619. The number of alkyl halides is 3. The molecule has 11 heteroatoms. The Morgan fingerprint density at radius 3 is 2.16 bits per heavy atom. The molecule has 0 saturated carbocycles. The van der Waals surface area contributed by atoms with E-state index in [0.29, 0.717) is 5.56 Å². The number of carbonyl (C=O) groups excluding carboxylic acids is 2. The predicted molar refractivity (Wildman–Crippen MR) is 111 cm³/mol. The molecule has 3 atom stereocenters. The molecule has 0 radical (unpaired) electrons. The maximum absolute atomic E-state index is 13.0. The monoisotopic (exact) mass is 479 g/mol. The molecule has 7 nitrogen and oxygen atoms in total. The highest BCUT2D eigenvalue weighted by atomic mass is 32.2. The molecular weight excluding hydrogens is 451 g/mol. The van der Waals surface area contributed by atoms with Crippen LogP contribution in [0.3, 0.4) is 0 Å². The summed E-state index contributed by atoms with van der Waals surface area (Å²) in [5.74, 6) is -1.33. The van der Waals surface area contributed by atoms with Crippen LogP contribution in [0.15, 0.2) is 24.3 Å². The van der Waals surface area contributed by atoms with Gasteiger partial charge in [0.15, 0.2) is 0 Å². The number of amides is 1. The van der Waals surface area contributed by atoms with Crippen molar-refractivity contribution in [1.82, 2.24) is 4.31 Å². The van der Waals surface area contributed by atoms with Crippen LogP contribution in [0, 0.1) is 5.41 Å². The molecule has 1 heterocycles. The molecular formula is C21H28F3NO6S. The van der Waals surface area contributed by atoms with Gasteiger partial charge in [-0.25, -0.2) is 9.00 Å². The van der Waals surface area contributed by atoms with Crippen LogP contribution in [-0.2, 0) is 35.9 Å². The fourth-order valence-corrected chi connectivity index (χ4v) is 3.83. The Morgan fingerprint density at radius 1 is 1.12 bits per heavy atom. The maximum Gasteiger partial charge on any atom is 0.424 e. The van der Waals surface area contributed by atoms with Crippen molar-refractivity contribution in [3.8, 4) is 0 Å². The van der Waals surface area contributed by atoms with Gasteiger partial charge in [-0.15, -0.1) is 0 Å². The Labute approximate surface area is 188 Å². The zero-order valence-electron chi connectivity index (χ0n) is 18.8. The zero-order chi connectivity index (χ0) is 24.5. The number of benzene rings is 1. The number of ether oxygens (including phenoxy) is 2. The summed E-state index contributed by atoms with van der Waals surface area (Å²) in [6, 6.07) is 3.40. The smallest absolute Gasteiger partial charge is 0.424 e. The van der Waals surface area contributed by atoms with E-state index in [4.69, 9.17) is 13.7 Å². The van der Waals surface area contributed by atoms with E-state index >= 15 is 0 Å². The van der Waals surface area contributed by atoms with E-state index in [1.807, 2.05) is 0 Å². The van der Waals surface area contributed by atoms with Crippen LogP contribution < -0.4 is 0 Å². The lowest BCUT2D eigenvalue weighted by Crippen LogP contribution is -2.45. The first-order chi connectivity index (χ1) is 14.5. The number of nitrogens with zero attached hydrogens (tertiary/aromatic N) is 1. The van der Waals surface area contributed by atoms with Gasteiger partial charge in [0, 0.05) is 5.92 Å². The average molecular weight is 480 g/mol. The molecule has 0 aliphatic carbocycles. The highest BCUT2D eigenvalue weighted by molar-refractivity contribution is 7.78. The summed E-state index contributed by atoms with van der Waals surface area (Å²) in [4.78, 5) is 25.0. The Hall–Kier alpha value is -2.14. The Kier molecular flexibility index (Phi) is 7.66. The summed E-state index contributed by atoms with van der Waals surface area (Å²) in [5.41, 5.74) is -2.18. The van der Waals surface area contributed by atoms with Crippen molar-refractivity contribution in [2.24, 2.45) is 5.41 Å². The van der Waals surface area contributed by atoms with Crippen molar-refractivity contribution in [3.05, 3.63) is 35.4 Å². The Morgan fingerprint density at radius 2 is 1.69 bits per heavy atom. The van der Waals surface area contributed by atoms with Gasteiger partial charge >= 0.3 is 18.2 Å². The van der Waals surface area contributed by atoms with E-state index in [0.717, 1.165) is 16.4 Å². The van der Waals surface area contributed by atoms with Gasteiger partial charge in [-0.05, 0) is 59.2 Å². The van der Waals surface area contributed by atoms with E-state index in [-0.39, 0.29) is 13.2 Å². The van der Waals surface area contributed by atoms with Gasteiger partial charge in [0.05, 0.1) is 23.6 Å². The minimum absolute atomic E-state index is 0.176. The van der Waals surface area contributed by atoms with E-state index in [2.05, 4.69) is 0 Å². The normalized spacial score (nSPS) is 20.7. The van der Waals surface area contributed by atoms with E-state index in [1.165, 1.54) is 12.1 Å². The van der Waals surface area contributed by atoms with Crippen LogP contribution in [0.2, 0.25) is 0 Å². The molecule has 32 heavy (non-hydrogen) atoms. The zero-order valence-corrected chi connectivity index (χ0v) is 19.6. The summed E-state index contributed by atoms with van der Waals surface area (Å²) in [6.45, 7) is 9.45. The molecule has 1 unspecified atom stereocenters. The van der Waals surface area contributed by atoms with Crippen LogP contribution in [0.4, 0.5) is 18.0 Å². The van der Waals surface area contributed by atoms with Gasteiger partial charge in [0.25, 0.3) is 11.3 Å². The minimum atomic E-state index is -4.52. The third kappa shape index (κ3) is 6.68. The van der Waals surface area contributed by atoms with Crippen molar-refractivity contribution in [3.63, 3.8) is 0 Å². The quantitative estimate of drug-likeness (QED) is 0.588. The molecule has 1 saturated heterocycles. The topological polar surface area (TPSA) is 82.1 Å². The number of hydrogen-bond donors (Lipinski definition) is 0. The van der Waals surface area contributed by atoms with E-state index < -0.39 is 58.0 Å². The maximum atomic E-state index is 13.0. The number of rotatable bonds is 4. The first-order valence-electron chi connectivity index (χ1n) is 9.92. The summed E-state index contributed by atoms with van der Waals surface area (Å²) in [5, 5.41) is 0. The third-order valence-corrected chi connectivity index (χ3v) is 5.59. The van der Waals surface area contributed by atoms with Crippen molar-refractivity contribution >= 4 is 23.3 Å². The second-order valence-corrected chi connectivity index (χ2v) is 10.5. The standard InChI is InChI=1S/C21H28F3NO6S/c1-19(2,3)17(26)29-11-15(13-7-9-14(10-8-13)21(22,23)24)16-12-30-32(28)25(16)18(27)31-20(4,5)6/h7-10,15-16H,11-12H2,1-6H3/t15-,16+,32?/m1/s1. The largest absolute Gasteiger partial charge is 0.465 e. The van der Waals surface area contributed by atoms with Crippen LogP contribution >= 0.6 is 0 Å². The van der Waals surface area contributed by atoms with Crippen LogP contribution in [0.5, 0.6) is 0 Å².